The van der Waals surface area contributed by atoms with Crippen molar-refractivity contribution >= 4 is 17.1 Å². The largest absolute Gasteiger partial charge is 0.496 e. The van der Waals surface area contributed by atoms with Crippen LogP contribution in [0.4, 0.5) is 0 Å². The second-order valence-electron chi connectivity index (χ2n) is 7.85. The van der Waals surface area contributed by atoms with Gasteiger partial charge >= 0.3 is 0 Å². The van der Waals surface area contributed by atoms with E-state index < -0.39 is 0 Å². The van der Waals surface area contributed by atoms with Gasteiger partial charge in [0.15, 0.2) is 11.6 Å². The molecule has 0 radical (unpaired) electrons. The number of hydrogen-bond donors (Lipinski definition) is 0. The van der Waals surface area contributed by atoms with E-state index in [1.807, 2.05) is 48.6 Å². The summed E-state index contributed by atoms with van der Waals surface area (Å²) in [5.41, 5.74) is 5.31. The van der Waals surface area contributed by atoms with Crippen molar-refractivity contribution in [3.63, 3.8) is 0 Å². The van der Waals surface area contributed by atoms with Crippen molar-refractivity contribution < 1.29 is 19.1 Å². The molecule has 0 fully saturated rings. The Hall–Kier alpha value is -3.14. The summed E-state index contributed by atoms with van der Waals surface area (Å²) in [6.45, 7) is 7.37. The fraction of sp³-hybridized carbons (Fsp3) is 0.308. The Labute approximate surface area is 178 Å². The van der Waals surface area contributed by atoms with E-state index in [1.165, 1.54) is 0 Å². The number of carbonyl (C=O) groups excluding carboxylic acids is 2. The standard InChI is InChI=1S/C26H28O4/c1-15(2)21-12-18(16(3)27)10-11-20(21)22-13-19(17(4)28)14-23(22)26-24(29-5)8-7-9-25(26)30-6/h7-15,22H,1-6H3. The van der Waals surface area contributed by atoms with Gasteiger partial charge in [0.05, 0.1) is 19.8 Å². The summed E-state index contributed by atoms with van der Waals surface area (Å²) in [6, 6.07) is 11.5. The lowest BCUT2D eigenvalue weighted by atomic mass is 9.82. The maximum atomic E-state index is 12.3. The minimum Gasteiger partial charge on any atom is -0.496 e. The summed E-state index contributed by atoms with van der Waals surface area (Å²) in [5, 5.41) is 0. The minimum atomic E-state index is -0.146. The van der Waals surface area contributed by atoms with E-state index in [0.717, 1.165) is 22.3 Å². The molecule has 0 aliphatic heterocycles. The number of carbonyl (C=O) groups is 2. The zero-order valence-electron chi connectivity index (χ0n) is 18.4. The summed E-state index contributed by atoms with van der Waals surface area (Å²) in [7, 11) is 3.26. The summed E-state index contributed by atoms with van der Waals surface area (Å²) in [6.07, 6.45) is 3.93. The smallest absolute Gasteiger partial charge is 0.159 e. The van der Waals surface area contributed by atoms with Gasteiger partial charge in [0.1, 0.15) is 11.5 Å². The Morgan fingerprint density at radius 2 is 1.57 bits per heavy atom. The number of ketones is 2. The molecule has 4 heteroatoms. The van der Waals surface area contributed by atoms with E-state index in [2.05, 4.69) is 13.8 Å². The normalized spacial score (nSPS) is 15.6. The highest BCUT2D eigenvalue weighted by Crippen LogP contribution is 2.48. The molecule has 156 valence electrons. The molecule has 30 heavy (non-hydrogen) atoms. The quantitative estimate of drug-likeness (QED) is 0.553. The third-order valence-corrected chi connectivity index (χ3v) is 5.57. The van der Waals surface area contributed by atoms with Gasteiger partial charge < -0.3 is 9.47 Å². The van der Waals surface area contributed by atoms with Crippen LogP contribution in [0.3, 0.4) is 0 Å². The molecule has 3 rings (SSSR count). The summed E-state index contributed by atoms with van der Waals surface area (Å²) < 4.78 is 11.3. The van der Waals surface area contributed by atoms with Crippen molar-refractivity contribution in [2.75, 3.05) is 14.2 Å². The average Bonchev–Trinajstić information content (AvgIpc) is 3.17. The van der Waals surface area contributed by atoms with Crippen molar-refractivity contribution in [2.45, 2.75) is 39.5 Å². The van der Waals surface area contributed by atoms with Gasteiger partial charge in [-0.2, -0.15) is 0 Å². The molecular formula is C26H28O4. The molecule has 0 amide bonds. The zero-order valence-corrected chi connectivity index (χ0v) is 18.4. The van der Waals surface area contributed by atoms with Gasteiger partial charge in [-0.1, -0.05) is 38.1 Å². The van der Waals surface area contributed by atoms with Crippen molar-refractivity contribution in [1.29, 1.82) is 0 Å². The number of Topliss-reactive ketones (excluding diaryl/α,β-unsaturated/α-hetero) is 2. The topological polar surface area (TPSA) is 52.6 Å². The molecule has 2 aromatic carbocycles. The van der Waals surface area contributed by atoms with E-state index in [4.69, 9.17) is 9.47 Å². The van der Waals surface area contributed by atoms with Gasteiger partial charge in [0.25, 0.3) is 0 Å². The molecule has 1 aliphatic carbocycles. The van der Waals surface area contributed by atoms with Crippen molar-refractivity contribution in [1.82, 2.24) is 0 Å². The lowest BCUT2D eigenvalue weighted by Gasteiger charge is -2.23. The van der Waals surface area contributed by atoms with Gasteiger partial charge in [-0.25, -0.2) is 0 Å². The van der Waals surface area contributed by atoms with Crippen LogP contribution in [0.15, 0.2) is 54.1 Å². The number of ether oxygens (including phenoxy) is 2. The molecular weight excluding hydrogens is 376 g/mol. The van der Waals surface area contributed by atoms with Gasteiger partial charge in [0.2, 0.25) is 0 Å². The molecule has 1 unspecified atom stereocenters. The van der Waals surface area contributed by atoms with Crippen LogP contribution in [-0.2, 0) is 4.79 Å². The van der Waals surface area contributed by atoms with Crippen LogP contribution in [-0.4, -0.2) is 25.8 Å². The minimum absolute atomic E-state index is 0.00955. The molecule has 0 saturated carbocycles. The lowest BCUT2D eigenvalue weighted by Crippen LogP contribution is -2.07. The van der Waals surface area contributed by atoms with Crippen molar-refractivity contribution in [2.24, 2.45) is 0 Å². The van der Waals surface area contributed by atoms with Crippen LogP contribution >= 0.6 is 0 Å². The number of rotatable bonds is 7. The Kier molecular flexibility index (Phi) is 6.25. The fourth-order valence-corrected chi connectivity index (χ4v) is 3.99. The van der Waals surface area contributed by atoms with E-state index in [1.54, 1.807) is 28.1 Å². The maximum Gasteiger partial charge on any atom is 0.159 e. The third kappa shape index (κ3) is 3.95. The van der Waals surface area contributed by atoms with Crippen molar-refractivity contribution in [3.8, 4) is 11.5 Å². The first kappa shape index (κ1) is 21.6. The number of benzene rings is 2. The van der Waals surface area contributed by atoms with Crippen LogP contribution in [0.2, 0.25) is 0 Å². The van der Waals surface area contributed by atoms with Gasteiger partial charge in [-0.05, 0) is 60.7 Å². The highest BCUT2D eigenvalue weighted by atomic mass is 16.5. The monoisotopic (exact) mass is 404 g/mol. The predicted molar refractivity (Wildman–Crippen MR) is 120 cm³/mol. The van der Waals surface area contributed by atoms with Gasteiger partial charge in [-0.3, -0.25) is 9.59 Å². The highest BCUT2D eigenvalue weighted by molar-refractivity contribution is 6.02. The lowest BCUT2D eigenvalue weighted by molar-refractivity contribution is -0.113. The van der Waals surface area contributed by atoms with E-state index in [-0.39, 0.29) is 23.4 Å². The number of hydrogen-bond acceptors (Lipinski definition) is 4. The maximum absolute atomic E-state index is 12.3. The average molecular weight is 405 g/mol. The zero-order chi connectivity index (χ0) is 22.0. The second kappa shape index (κ2) is 8.70. The SMILES string of the molecule is COc1cccc(OC)c1C1=CC(C(C)=O)=CC1c1ccc(C(C)=O)cc1C(C)C. The molecule has 0 N–H and O–H groups in total. The van der Waals surface area contributed by atoms with E-state index in [0.29, 0.717) is 22.6 Å². The third-order valence-electron chi connectivity index (χ3n) is 5.57. The number of allylic oxidation sites excluding steroid dienone is 4. The van der Waals surface area contributed by atoms with Crippen LogP contribution < -0.4 is 9.47 Å². The first-order valence-electron chi connectivity index (χ1n) is 10.1. The summed E-state index contributed by atoms with van der Waals surface area (Å²) >= 11 is 0. The van der Waals surface area contributed by atoms with Crippen molar-refractivity contribution in [3.05, 3.63) is 76.4 Å². The van der Waals surface area contributed by atoms with Crippen LogP contribution in [0.25, 0.3) is 5.57 Å². The van der Waals surface area contributed by atoms with E-state index >= 15 is 0 Å². The first-order valence-corrected chi connectivity index (χ1v) is 10.1. The molecule has 1 aliphatic rings. The van der Waals surface area contributed by atoms with Gasteiger partial charge in [-0.15, -0.1) is 0 Å². The molecule has 0 heterocycles. The molecule has 1 atom stereocenters. The molecule has 0 bridgehead atoms. The predicted octanol–water partition coefficient (Wildman–Crippen LogP) is 5.73. The highest BCUT2D eigenvalue weighted by Gasteiger charge is 2.30. The second-order valence-corrected chi connectivity index (χ2v) is 7.85. The fourth-order valence-electron chi connectivity index (χ4n) is 3.99. The molecule has 0 saturated heterocycles. The van der Waals surface area contributed by atoms with Gasteiger partial charge in [0, 0.05) is 17.1 Å². The molecule has 0 aromatic heterocycles. The Morgan fingerprint density at radius 3 is 2.07 bits per heavy atom. The number of methoxy groups -OCH3 is 2. The first-order chi connectivity index (χ1) is 14.3. The van der Waals surface area contributed by atoms with Crippen LogP contribution in [0.1, 0.15) is 66.6 Å². The summed E-state index contributed by atoms with van der Waals surface area (Å²) in [4.78, 5) is 24.2. The van der Waals surface area contributed by atoms with E-state index in [9.17, 15) is 9.59 Å². The molecule has 0 spiro atoms. The summed E-state index contributed by atoms with van der Waals surface area (Å²) in [5.74, 6) is 1.50. The van der Waals surface area contributed by atoms with Crippen LogP contribution in [0, 0.1) is 0 Å². The Morgan fingerprint density at radius 1 is 0.933 bits per heavy atom. The Bertz CT molecular complexity index is 1030. The molecule has 2 aromatic rings. The Balaban J connectivity index is 2.26. The molecule has 4 nitrogen and oxygen atoms in total. The van der Waals surface area contributed by atoms with Crippen LogP contribution in [0.5, 0.6) is 11.5 Å².